The third-order valence-electron chi connectivity index (χ3n) is 2.69. The van der Waals surface area contributed by atoms with Crippen molar-refractivity contribution in [3.05, 3.63) is 41.6 Å². The summed E-state index contributed by atoms with van der Waals surface area (Å²) >= 11 is 0. The standard InChI is InChI=1S/C13H12F3N3O/c1-7-10(5-17)19-11(6-18-7)8-2-3-9(14)12(4-8)20-13(15)16/h2-4,6,13H,5,17H2,1H3. The number of nitrogens with zero attached hydrogens (tertiary/aromatic N) is 2. The molecular formula is C13H12F3N3O. The predicted molar refractivity (Wildman–Crippen MR) is 66.7 cm³/mol. The highest BCUT2D eigenvalue weighted by Gasteiger charge is 2.12. The van der Waals surface area contributed by atoms with E-state index in [9.17, 15) is 13.2 Å². The van der Waals surface area contributed by atoms with Crippen molar-refractivity contribution >= 4 is 0 Å². The van der Waals surface area contributed by atoms with Gasteiger partial charge in [0.05, 0.1) is 23.3 Å². The minimum Gasteiger partial charge on any atom is -0.432 e. The number of halogens is 3. The summed E-state index contributed by atoms with van der Waals surface area (Å²) in [6, 6.07) is 3.60. The zero-order valence-corrected chi connectivity index (χ0v) is 10.6. The molecule has 0 saturated carbocycles. The maximum absolute atomic E-state index is 13.3. The van der Waals surface area contributed by atoms with Crippen LogP contribution in [0.5, 0.6) is 5.75 Å². The fourth-order valence-electron chi connectivity index (χ4n) is 1.67. The van der Waals surface area contributed by atoms with Crippen LogP contribution in [0, 0.1) is 12.7 Å². The zero-order chi connectivity index (χ0) is 14.7. The van der Waals surface area contributed by atoms with Gasteiger partial charge in [-0.05, 0) is 25.1 Å². The van der Waals surface area contributed by atoms with Gasteiger partial charge in [0.2, 0.25) is 0 Å². The lowest BCUT2D eigenvalue weighted by atomic mass is 10.1. The Morgan fingerprint density at radius 1 is 1.35 bits per heavy atom. The lowest BCUT2D eigenvalue weighted by molar-refractivity contribution is -0.0521. The molecule has 106 valence electrons. The molecule has 0 amide bonds. The lowest BCUT2D eigenvalue weighted by Crippen LogP contribution is -2.06. The van der Waals surface area contributed by atoms with Crippen LogP contribution in [0.15, 0.2) is 24.4 Å². The van der Waals surface area contributed by atoms with Crippen molar-refractivity contribution in [2.24, 2.45) is 5.73 Å². The van der Waals surface area contributed by atoms with Gasteiger partial charge in [-0.1, -0.05) is 0 Å². The van der Waals surface area contributed by atoms with Gasteiger partial charge in [-0.25, -0.2) is 9.37 Å². The van der Waals surface area contributed by atoms with Crippen LogP contribution < -0.4 is 10.5 Å². The van der Waals surface area contributed by atoms with Gasteiger partial charge in [-0.3, -0.25) is 4.98 Å². The minimum absolute atomic E-state index is 0.203. The van der Waals surface area contributed by atoms with E-state index in [0.717, 1.165) is 12.1 Å². The third-order valence-corrected chi connectivity index (χ3v) is 2.69. The fourth-order valence-corrected chi connectivity index (χ4v) is 1.67. The van der Waals surface area contributed by atoms with Crippen LogP contribution in [-0.4, -0.2) is 16.6 Å². The van der Waals surface area contributed by atoms with Crippen molar-refractivity contribution in [1.29, 1.82) is 0 Å². The number of hydrogen-bond acceptors (Lipinski definition) is 4. The number of nitrogens with two attached hydrogens (primary N) is 1. The number of aryl methyl sites for hydroxylation is 1. The molecule has 0 unspecified atom stereocenters. The molecular weight excluding hydrogens is 271 g/mol. The fraction of sp³-hybridized carbons (Fsp3) is 0.231. The monoisotopic (exact) mass is 283 g/mol. The van der Waals surface area contributed by atoms with Crippen LogP contribution in [-0.2, 0) is 6.54 Å². The van der Waals surface area contributed by atoms with E-state index >= 15 is 0 Å². The second-order valence-corrected chi connectivity index (χ2v) is 4.02. The maximum Gasteiger partial charge on any atom is 0.387 e. The summed E-state index contributed by atoms with van der Waals surface area (Å²) in [6.45, 7) is -1.13. The minimum atomic E-state index is -3.09. The van der Waals surface area contributed by atoms with Crippen molar-refractivity contribution < 1.29 is 17.9 Å². The Kier molecular flexibility index (Phi) is 4.19. The molecule has 1 heterocycles. The molecule has 2 aromatic rings. The zero-order valence-electron chi connectivity index (χ0n) is 10.6. The number of alkyl halides is 2. The molecule has 0 spiro atoms. The molecule has 0 aliphatic heterocycles. The van der Waals surface area contributed by atoms with Gasteiger partial charge in [0.25, 0.3) is 0 Å². The van der Waals surface area contributed by atoms with Gasteiger partial charge in [0.15, 0.2) is 11.6 Å². The first-order chi connectivity index (χ1) is 9.51. The molecule has 2 N–H and O–H groups in total. The molecule has 20 heavy (non-hydrogen) atoms. The molecule has 0 aliphatic carbocycles. The first-order valence-electron chi connectivity index (χ1n) is 5.78. The molecule has 0 radical (unpaired) electrons. The molecule has 1 aromatic carbocycles. The summed E-state index contributed by atoms with van der Waals surface area (Å²) in [5.74, 6) is -1.40. The Hall–Kier alpha value is -2.15. The highest BCUT2D eigenvalue weighted by molar-refractivity contribution is 5.60. The van der Waals surface area contributed by atoms with E-state index in [1.807, 2.05) is 0 Å². The first kappa shape index (κ1) is 14.3. The Balaban J connectivity index is 2.42. The molecule has 0 saturated heterocycles. The molecule has 0 bridgehead atoms. The molecule has 7 heteroatoms. The quantitative estimate of drug-likeness (QED) is 0.937. The lowest BCUT2D eigenvalue weighted by Gasteiger charge is -2.09. The Labute approximate surface area is 113 Å². The smallest absolute Gasteiger partial charge is 0.387 e. The summed E-state index contributed by atoms with van der Waals surface area (Å²) in [5, 5.41) is 0. The van der Waals surface area contributed by atoms with Crippen molar-refractivity contribution in [2.45, 2.75) is 20.1 Å². The highest BCUT2D eigenvalue weighted by Crippen LogP contribution is 2.26. The topological polar surface area (TPSA) is 61.0 Å². The molecule has 0 aliphatic rings. The Morgan fingerprint density at radius 2 is 2.10 bits per heavy atom. The Morgan fingerprint density at radius 3 is 2.75 bits per heavy atom. The maximum atomic E-state index is 13.3. The van der Waals surface area contributed by atoms with Crippen molar-refractivity contribution in [2.75, 3.05) is 0 Å². The SMILES string of the molecule is Cc1ncc(-c2ccc(F)c(OC(F)F)c2)nc1CN. The average molecular weight is 283 g/mol. The molecule has 4 nitrogen and oxygen atoms in total. The normalized spacial score (nSPS) is 10.9. The van der Waals surface area contributed by atoms with E-state index < -0.39 is 18.2 Å². The van der Waals surface area contributed by atoms with Crippen LogP contribution in [0.25, 0.3) is 11.3 Å². The van der Waals surface area contributed by atoms with Gasteiger partial charge in [0, 0.05) is 12.1 Å². The number of aromatic nitrogens is 2. The first-order valence-corrected chi connectivity index (χ1v) is 5.78. The van der Waals surface area contributed by atoms with Crippen LogP contribution in [0.2, 0.25) is 0 Å². The van der Waals surface area contributed by atoms with Crippen LogP contribution in [0.4, 0.5) is 13.2 Å². The van der Waals surface area contributed by atoms with Crippen LogP contribution in [0.3, 0.4) is 0 Å². The number of hydrogen-bond donors (Lipinski definition) is 1. The second-order valence-electron chi connectivity index (χ2n) is 4.02. The number of ether oxygens (including phenoxy) is 1. The van der Waals surface area contributed by atoms with E-state index in [1.54, 1.807) is 6.92 Å². The average Bonchev–Trinajstić information content (AvgIpc) is 2.41. The predicted octanol–water partition coefficient (Wildman–Crippen LogP) is 2.65. The highest BCUT2D eigenvalue weighted by atomic mass is 19.3. The van der Waals surface area contributed by atoms with Gasteiger partial charge in [-0.15, -0.1) is 0 Å². The van der Waals surface area contributed by atoms with E-state index in [2.05, 4.69) is 14.7 Å². The van der Waals surface area contributed by atoms with Crippen LogP contribution >= 0.6 is 0 Å². The van der Waals surface area contributed by atoms with Crippen LogP contribution in [0.1, 0.15) is 11.4 Å². The van der Waals surface area contributed by atoms with E-state index in [0.29, 0.717) is 22.6 Å². The van der Waals surface area contributed by atoms with Gasteiger partial charge < -0.3 is 10.5 Å². The van der Waals surface area contributed by atoms with E-state index in [4.69, 9.17) is 5.73 Å². The third kappa shape index (κ3) is 3.05. The molecule has 1 aromatic heterocycles. The summed E-state index contributed by atoms with van der Waals surface area (Å²) in [4.78, 5) is 8.37. The molecule has 0 fully saturated rings. The van der Waals surface area contributed by atoms with E-state index in [1.165, 1.54) is 12.3 Å². The molecule has 0 atom stereocenters. The largest absolute Gasteiger partial charge is 0.432 e. The van der Waals surface area contributed by atoms with Crippen molar-refractivity contribution in [3.8, 4) is 17.0 Å². The van der Waals surface area contributed by atoms with E-state index in [-0.39, 0.29) is 6.54 Å². The second kappa shape index (κ2) is 5.87. The van der Waals surface area contributed by atoms with Crippen molar-refractivity contribution in [1.82, 2.24) is 9.97 Å². The summed E-state index contributed by atoms with van der Waals surface area (Å²) in [7, 11) is 0. The van der Waals surface area contributed by atoms with Gasteiger partial charge in [0.1, 0.15) is 0 Å². The summed E-state index contributed by atoms with van der Waals surface area (Å²) < 4.78 is 41.8. The molecule has 2 rings (SSSR count). The van der Waals surface area contributed by atoms with Gasteiger partial charge >= 0.3 is 6.61 Å². The number of benzene rings is 1. The van der Waals surface area contributed by atoms with Crippen molar-refractivity contribution in [3.63, 3.8) is 0 Å². The summed E-state index contributed by atoms with van der Waals surface area (Å²) in [6.07, 6.45) is 1.47. The number of rotatable bonds is 4. The summed E-state index contributed by atoms with van der Waals surface area (Å²) in [5.41, 5.74) is 7.63. The van der Waals surface area contributed by atoms with Gasteiger partial charge in [-0.2, -0.15) is 8.78 Å². The Bertz CT molecular complexity index is 620.